The van der Waals surface area contributed by atoms with Crippen molar-refractivity contribution in [2.45, 2.75) is 39.2 Å². The second kappa shape index (κ2) is 6.35. The molecule has 0 aliphatic carbocycles. The van der Waals surface area contributed by atoms with Gasteiger partial charge < -0.3 is 15.7 Å². The molecule has 0 radical (unpaired) electrons. The second-order valence-electron chi connectivity index (χ2n) is 4.36. The molecule has 0 atom stereocenters. The summed E-state index contributed by atoms with van der Waals surface area (Å²) in [5.41, 5.74) is 0.879. The van der Waals surface area contributed by atoms with Crippen molar-refractivity contribution in [2.75, 3.05) is 11.9 Å². The minimum absolute atomic E-state index is 0.0700. The molecule has 2 amide bonds. The normalized spacial score (nSPS) is 11.1. The minimum atomic E-state index is -0.555. The molecule has 1 heterocycles. The van der Waals surface area contributed by atoms with E-state index in [4.69, 9.17) is 0 Å². The molecule has 1 rings (SSSR count). The van der Waals surface area contributed by atoms with Gasteiger partial charge in [-0.25, -0.2) is 4.79 Å². The molecular weight excluding hydrogens is 230 g/mol. The Morgan fingerprint density at radius 1 is 1.44 bits per heavy atom. The fourth-order valence-electron chi connectivity index (χ4n) is 1.70. The summed E-state index contributed by atoms with van der Waals surface area (Å²) < 4.78 is 0. The van der Waals surface area contributed by atoms with Crippen molar-refractivity contribution < 1.29 is 9.90 Å². The first-order chi connectivity index (χ1) is 8.56. The number of nitrogens with zero attached hydrogens (tertiary/aromatic N) is 1. The van der Waals surface area contributed by atoms with E-state index in [0.29, 0.717) is 18.5 Å². The lowest BCUT2D eigenvalue weighted by atomic mass is 9.94. The molecule has 0 unspecified atom stereocenters. The van der Waals surface area contributed by atoms with E-state index in [9.17, 15) is 9.90 Å². The lowest BCUT2D eigenvalue weighted by molar-refractivity contribution is 0.155. The Morgan fingerprint density at radius 2 is 2.11 bits per heavy atom. The Labute approximate surface area is 108 Å². The van der Waals surface area contributed by atoms with Gasteiger partial charge in [-0.1, -0.05) is 13.8 Å². The first-order valence-corrected chi connectivity index (χ1v) is 6.18. The maximum atomic E-state index is 11.9. The van der Waals surface area contributed by atoms with Gasteiger partial charge in [0.1, 0.15) is 0 Å². The number of hydrogen-bond acceptors (Lipinski definition) is 3. The molecule has 0 bridgehead atoms. The highest BCUT2D eigenvalue weighted by atomic mass is 16.3. The summed E-state index contributed by atoms with van der Waals surface area (Å²) in [6, 6.07) is 3.24. The highest BCUT2D eigenvalue weighted by Crippen LogP contribution is 2.15. The Balaban J connectivity index is 2.70. The summed E-state index contributed by atoms with van der Waals surface area (Å²) in [5, 5.41) is 15.0. The van der Waals surface area contributed by atoms with Crippen molar-refractivity contribution in [3.63, 3.8) is 0 Å². The minimum Gasteiger partial charge on any atom is -0.394 e. The fourth-order valence-corrected chi connectivity index (χ4v) is 1.70. The van der Waals surface area contributed by atoms with Gasteiger partial charge in [0.2, 0.25) is 0 Å². The predicted octanol–water partition coefficient (Wildman–Crippen LogP) is 2.06. The van der Waals surface area contributed by atoms with Crippen LogP contribution in [-0.4, -0.2) is 28.3 Å². The molecule has 1 aromatic rings. The number of aliphatic hydroxyl groups is 1. The van der Waals surface area contributed by atoms with Crippen LogP contribution in [0.25, 0.3) is 0 Å². The van der Waals surface area contributed by atoms with Gasteiger partial charge in [-0.15, -0.1) is 0 Å². The van der Waals surface area contributed by atoms with E-state index in [0.717, 1.165) is 5.69 Å². The third-order valence-corrected chi connectivity index (χ3v) is 3.29. The number of rotatable bonds is 5. The van der Waals surface area contributed by atoms with E-state index in [-0.39, 0.29) is 12.6 Å². The molecule has 0 saturated heterocycles. The van der Waals surface area contributed by atoms with Crippen LogP contribution in [0.2, 0.25) is 0 Å². The van der Waals surface area contributed by atoms with Gasteiger partial charge in [0.05, 0.1) is 23.5 Å². The molecular formula is C13H21N3O2. The number of carbonyl (C=O) groups is 1. The lowest BCUT2D eigenvalue weighted by Gasteiger charge is -2.30. The number of anilines is 1. The molecule has 3 N–H and O–H groups in total. The van der Waals surface area contributed by atoms with E-state index < -0.39 is 5.54 Å². The zero-order valence-corrected chi connectivity index (χ0v) is 11.2. The molecule has 0 saturated carbocycles. The van der Waals surface area contributed by atoms with Crippen LogP contribution in [-0.2, 0) is 0 Å². The number of amides is 2. The number of pyridine rings is 1. The Kier molecular flexibility index (Phi) is 5.09. The van der Waals surface area contributed by atoms with Crippen molar-refractivity contribution in [3.8, 4) is 0 Å². The third kappa shape index (κ3) is 3.43. The number of aryl methyl sites for hydroxylation is 1. The zero-order chi connectivity index (χ0) is 13.6. The summed E-state index contributed by atoms with van der Waals surface area (Å²) >= 11 is 0. The van der Waals surface area contributed by atoms with E-state index in [1.54, 1.807) is 18.3 Å². The van der Waals surface area contributed by atoms with E-state index in [1.807, 2.05) is 20.8 Å². The molecule has 0 aromatic carbocycles. The fraction of sp³-hybridized carbons (Fsp3) is 0.538. The number of carbonyl (C=O) groups excluding carboxylic acids is 1. The number of urea groups is 1. The average Bonchev–Trinajstić information content (AvgIpc) is 2.39. The number of nitrogens with one attached hydrogen (secondary N) is 2. The van der Waals surface area contributed by atoms with Crippen LogP contribution in [0, 0.1) is 6.92 Å². The van der Waals surface area contributed by atoms with E-state index in [2.05, 4.69) is 15.6 Å². The van der Waals surface area contributed by atoms with Gasteiger partial charge in [-0.2, -0.15) is 0 Å². The maximum absolute atomic E-state index is 11.9. The molecule has 1 aromatic heterocycles. The molecule has 100 valence electrons. The van der Waals surface area contributed by atoms with Gasteiger partial charge in [0.15, 0.2) is 0 Å². The van der Waals surface area contributed by atoms with Crippen molar-refractivity contribution >= 4 is 11.7 Å². The van der Waals surface area contributed by atoms with E-state index >= 15 is 0 Å². The average molecular weight is 251 g/mol. The largest absolute Gasteiger partial charge is 0.394 e. The van der Waals surface area contributed by atoms with Crippen molar-refractivity contribution in [1.82, 2.24) is 10.3 Å². The number of aliphatic hydroxyl groups excluding tert-OH is 1. The molecule has 0 aliphatic heterocycles. The van der Waals surface area contributed by atoms with Crippen LogP contribution >= 0.6 is 0 Å². The Hall–Kier alpha value is -1.62. The van der Waals surface area contributed by atoms with Crippen LogP contribution in [0.15, 0.2) is 18.3 Å². The number of aromatic nitrogens is 1. The first-order valence-electron chi connectivity index (χ1n) is 6.18. The highest BCUT2D eigenvalue weighted by Gasteiger charge is 2.27. The molecule has 18 heavy (non-hydrogen) atoms. The summed E-state index contributed by atoms with van der Waals surface area (Å²) in [5.74, 6) is 0. The lowest BCUT2D eigenvalue weighted by Crippen LogP contribution is -2.52. The quantitative estimate of drug-likeness (QED) is 0.750. The molecule has 0 spiro atoms. The summed E-state index contributed by atoms with van der Waals surface area (Å²) in [7, 11) is 0. The van der Waals surface area contributed by atoms with Crippen molar-refractivity contribution in [2.24, 2.45) is 0 Å². The molecule has 5 nitrogen and oxygen atoms in total. The molecule has 0 aliphatic rings. The smallest absolute Gasteiger partial charge is 0.319 e. The Bertz CT molecular complexity index is 395. The van der Waals surface area contributed by atoms with Gasteiger partial charge in [0.25, 0.3) is 0 Å². The zero-order valence-electron chi connectivity index (χ0n) is 11.2. The number of hydrogen-bond donors (Lipinski definition) is 3. The predicted molar refractivity (Wildman–Crippen MR) is 71.5 cm³/mol. The van der Waals surface area contributed by atoms with Crippen molar-refractivity contribution in [3.05, 3.63) is 24.0 Å². The Morgan fingerprint density at radius 3 is 2.61 bits per heavy atom. The SMILES string of the molecule is CCC(CC)(CO)NC(=O)Nc1cccnc1C. The molecule has 5 heteroatoms. The van der Waals surface area contributed by atoms with Crippen molar-refractivity contribution in [1.29, 1.82) is 0 Å². The topological polar surface area (TPSA) is 74.2 Å². The highest BCUT2D eigenvalue weighted by molar-refractivity contribution is 5.90. The van der Waals surface area contributed by atoms with Gasteiger partial charge >= 0.3 is 6.03 Å². The first kappa shape index (κ1) is 14.4. The van der Waals surface area contributed by atoms with Gasteiger partial charge in [-0.3, -0.25) is 4.98 Å². The molecule has 0 fully saturated rings. The van der Waals surface area contributed by atoms with E-state index in [1.165, 1.54) is 0 Å². The third-order valence-electron chi connectivity index (χ3n) is 3.29. The van der Waals surface area contributed by atoms with Gasteiger partial charge in [0, 0.05) is 6.20 Å². The summed E-state index contributed by atoms with van der Waals surface area (Å²) in [6.07, 6.45) is 3.04. The van der Waals surface area contributed by atoms with Gasteiger partial charge in [-0.05, 0) is 31.9 Å². The van der Waals surface area contributed by atoms with Crippen LogP contribution in [0.1, 0.15) is 32.4 Å². The standard InChI is InChI=1S/C13H21N3O2/c1-4-13(5-2,9-17)16-12(18)15-11-7-6-8-14-10(11)3/h6-8,17H,4-5,9H2,1-3H3,(H2,15,16,18). The maximum Gasteiger partial charge on any atom is 0.319 e. The van der Waals surface area contributed by atoms with Crippen LogP contribution in [0.5, 0.6) is 0 Å². The van der Waals surface area contributed by atoms with Crippen LogP contribution in [0.4, 0.5) is 10.5 Å². The summed E-state index contributed by atoms with van der Waals surface area (Å²) in [4.78, 5) is 16.0. The second-order valence-corrected chi connectivity index (χ2v) is 4.36. The summed E-state index contributed by atoms with van der Waals surface area (Å²) in [6.45, 7) is 5.64. The van der Waals surface area contributed by atoms with Crippen LogP contribution in [0.3, 0.4) is 0 Å². The van der Waals surface area contributed by atoms with Crippen LogP contribution < -0.4 is 10.6 Å². The monoisotopic (exact) mass is 251 g/mol.